The van der Waals surface area contributed by atoms with Crippen LogP contribution < -0.4 is 4.72 Å². The molecule has 2 aromatic rings. The summed E-state index contributed by atoms with van der Waals surface area (Å²) in [5.41, 5.74) is -0.480. The zero-order valence-electron chi connectivity index (χ0n) is 13.6. The molecule has 0 amide bonds. The van der Waals surface area contributed by atoms with Crippen LogP contribution in [0.1, 0.15) is 35.9 Å². The lowest BCUT2D eigenvalue weighted by atomic mass is 10.1. The zero-order valence-corrected chi connectivity index (χ0v) is 14.4. The molecule has 1 N–H and O–H groups in total. The third kappa shape index (κ3) is 3.26. The molecule has 0 aromatic carbocycles. The number of rotatable bonds is 4. The number of nitrogens with one attached hydrogen (secondary N) is 1. The molecule has 0 saturated heterocycles. The minimum absolute atomic E-state index is 0.188. The topological polar surface area (TPSA) is 59.8 Å². The summed E-state index contributed by atoms with van der Waals surface area (Å²) in [6, 6.07) is 0. The predicted octanol–water partition coefficient (Wildman–Crippen LogP) is 3.39. The van der Waals surface area contributed by atoms with Crippen molar-refractivity contribution in [3.8, 4) is 0 Å². The van der Waals surface area contributed by atoms with Gasteiger partial charge in [0.2, 0.25) is 5.03 Å². The first-order valence-corrected chi connectivity index (χ1v) is 8.88. The Bertz CT molecular complexity index is 847. The van der Waals surface area contributed by atoms with Crippen LogP contribution in [0.25, 0.3) is 0 Å². The second-order valence-corrected chi connectivity index (χ2v) is 6.86. The molecule has 1 atom stereocenters. The number of hydrogen-bond donors (Lipinski definition) is 1. The van der Waals surface area contributed by atoms with E-state index >= 15 is 0 Å². The molecule has 0 bridgehead atoms. The van der Waals surface area contributed by atoms with E-state index in [1.807, 2.05) is 0 Å². The molecule has 136 valence electrons. The molecule has 0 saturated carbocycles. The van der Waals surface area contributed by atoms with Crippen molar-refractivity contribution in [2.75, 3.05) is 4.72 Å². The number of aromatic nitrogens is 3. The highest BCUT2D eigenvalue weighted by Crippen LogP contribution is 2.42. The Kier molecular flexibility index (Phi) is 4.56. The van der Waals surface area contributed by atoms with Gasteiger partial charge in [0.05, 0.1) is 17.6 Å². The van der Waals surface area contributed by atoms with Crippen LogP contribution in [-0.4, -0.2) is 19.0 Å². The second-order valence-electron chi connectivity index (χ2n) is 5.73. The van der Waals surface area contributed by atoms with Crippen LogP contribution in [0.3, 0.4) is 0 Å². The molecule has 1 aliphatic rings. The Morgan fingerprint density at radius 2 is 2.08 bits per heavy atom. The van der Waals surface area contributed by atoms with Crippen LogP contribution in [0.4, 0.5) is 23.2 Å². The fourth-order valence-corrected chi connectivity index (χ4v) is 3.89. The maximum atomic E-state index is 13.9. The third-order valence-corrected chi connectivity index (χ3v) is 5.09. The van der Waals surface area contributed by atoms with Gasteiger partial charge < -0.3 is 0 Å². The number of nitrogens with zero attached hydrogens (tertiary/aromatic N) is 3. The van der Waals surface area contributed by atoms with Gasteiger partial charge in [-0.25, -0.2) is 8.60 Å². The normalized spacial score (nSPS) is 15.3. The summed E-state index contributed by atoms with van der Waals surface area (Å²) in [6.45, 7) is 3.33. The van der Waals surface area contributed by atoms with Crippen LogP contribution in [0.5, 0.6) is 0 Å². The number of hydrogen-bond acceptors (Lipinski definition) is 3. The van der Waals surface area contributed by atoms with Crippen molar-refractivity contribution in [2.24, 2.45) is 0 Å². The van der Waals surface area contributed by atoms with Crippen molar-refractivity contribution in [3.63, 3.8) is 0 Å². The predicted molar refractivity (Wildman–Crippen MR) is 83.9 cm³/mol. The number of halogens is 4. The van der Waals surface area contributed by atoms with Gasteiger partial charge in [-0.1, -0.05) is 0 Å². The molecule has 0 fully saturated rings. The smallest absolute Gasteiger partial charge is 0.299 e. The first-order chi connectivity index (χ1) is 11.7. The molecule has 1 aliphatic carbocycles. The van der Waals surface area contributed by atoms with E-state index in [9.17, 15) is 21.8 Å². The van der Waals surface area contributed by atoms with Gasteiger partial charge in [-0.3, -0.25) is 14.4 Å². The Hall–Kier alpha value is -1.97. The summed E-state index contributed by atoms with van der Waals surface area (Å²) in [6.07, 6.45) is -1.97. The standard InChI is InChI=1S/C15H16F4N4OS/c1-3-23-7-10(16)14(21-23)25(24)22-13-9-5-4-6-11(9)20-8(2)12(13)15(17,18)19/h7H,3-6H2,1-2H3,(H,20,22). The number of pyridine rings is 1. The molecule has 0 radical (unpaired) electrons. The van der Waals surface area contributed by atoms with Gasteiger partial charge in [-0.15, -0.1) is 0 Å². The number of anilines is 1. The van der Waals surface area contributed by atoms with E-state index in [2.05, 4.69) is 14.8 Å². The Balaban J connectivity index is 2.07. The summed E-state index contributed by atoms with van der Waals surface area (Å²) in [4.78, 5) is 4.04. The quantitative estimate of drug-likeness (QED) is 0.833. The average molecular weight is 376 g/mol. The van der Waals surface area contributed by atoms with Crippen LogP contribution in [0, 0.1) is 12.7 Å². The lowest BCUT2D eigenvalue weighted by Gasteiger charge is -2.19. The van der Waals surface area contributed by atoms with Crippen molar-refractivity contribution >= 4 is 16.7 Å². The second kappa shape index (κ2) is 6.40. The Morgan fingerprint density at radius 1 is 1.36 bits per heavy atom. The number of aryl methyl sites for hydroxylation is 3. The fourth-order valence-electron chi connectivity index (χ4n) is 2.98. The van der Waals surface area contributed by atoms with Crippen molar-refractivity contribution in [3.05, 3.63) is 34.5 Å². The van der Waals surface area contributed by atoms with Crippen molar-refractivity contribution in [1.29, 1.82) is 0 Å². The van der Waals surface area contributed by atoms with Gasteiger partial charge in [-0.05, 0) is 38.7 Å². The van der Waals surface area contributed by atoms with E-state index in [-0.39, 0.29) is 11.4 Å². The van der Waals surface area contributed by atoms with Gasteiger partial charge >= 0.3 is 6.18 Å². The largest absolute Gasteiger partial charge is 0.420 e. The molecular weight excluding hydrogens is 360 g/mol. The van der Waals surface area contributed by atoms with E-state index in [4.69, 9.17) is 0 Å². The summed E-state index contributed by atoms with van der Waals surface area (Å²) in [5.74, 6) is -0.830. The first kappa shape index (κ1) is 17.8. The first-order valence-electron chi connectivity index (χ1n) is 7.73. The summed E-state index contributed by atoms with van der Waals surface area (Å²) in [5, 5.41) is 3.39. The maximum Gasteiger partial charge on any atom is 0.420 e. The van der Waals surface area contributed by atoms with Crippen molar-refractivity contribution < 1.29 is 21.8 Å². The van der Waals surface area contributed by atoms with Gasteiger partial charge in [0.1, 0.15) is 5.56 Å². The van der Waals surface area contributed by atoms with E-state index in [1.54, 1.807) is 6.92 Å². The molecule has 25 heavy (non-hydrogen) atoms. The average Bonchev–Trinajstić information content (AvgIpc) is 3.11. The van der Waals surface area contributed by atoms with E-state index < -0.39 is 33.6 Å². The zero-order chi connectivity index (χ0) is 18.4. The van der Waals surface area contributed by atoms with Crippen molar-refractivity contribution in [2.45, 2.75) is 50.9 Å². The fraction of sp³-hybridized carbons (Fsp3) is 0.467. The lowest BCUT2D eigenvalue weighted by Crippen LogP contribution is -2.18. The SMILES string of the molecule is CCn1cc(F)c(S(=O)Nc2c3c(nc(C)c2C(F)(F)F)CCC3)n1. The van der Waals surface area contributed by atoms with Crippen molar-refractivity contribution in [1.82, 2.24) is 14.8 Å². The van der Waals surface area contributed by atoms with Crippen LogP contribution >= 0.6 is 0 Å². The highest BCUT2D eigenvalue weighted by Gasteiger charge is 2.39. The minimum atomic E-state index is -4.66. The number of fused-ring (bicyclic) bond motifs is 1. The van der Waals surface area contributed by atoms with E-state index in [1.165, 1.54) is 11.6 Å². The molecule has 0 spiro atoms. The Morgan fingerprint density at radius 3 is 2.68 bits per heavy atom. The molecular formula is C15H16F4N4OS. The summed E-state index contributed by atoms with van der Waals surface area (Å²) >= 11 is 0. The summed E-state index contributed by atoms with van der Waals surface area (Å²) in [7, 11) is -2.26. The van der Waals surface area contributed by atoms with Crippen LogP contribution in [0.2, 0.25) is 0 Å². The van der Waals surface area contributed by atoms with Gasteiger partial charge in [0.15, 0.2) is 16.8 Å². The molecule has 5 nitrogen and oxygen atoms in total. The van der Waals surface area contributed by atoms with Gasteiger partial charge in [0, 0.05) is 12.2 Å². The monoisotopic (exact) mass is 376 g/mol. The van der Waals surface area contributed by atoms with Crippen LogP contribution in [0.15, 0.2) is 11.2 Å². The number of alkyl halides is 3. The van der Waals surface area contributed by atoms with Crippen LogP contribution in [-0.2, 0) is 36.5 Å². The maximum absolute atomic E-state index is 13.9. The highest BCUT2D eigenvalue weighted by atomic mass is 32.2. The van der Waals surface area contributed by atoms with E-state index in [0.29, 0.717) is 37.1 Å². The molecule has 3 rings (SSSR count). The Labute approximate surface area is 144 Å². The lowest BCUT2D eigenvalue weighted by molar-refractivity contribution is -0.137. The van der Waals surface area contributed by atoms with E-state index in [0.717, 1.165) is 6.20 Å². The molecule has 2 aromatic heterocycles. The molecule has 0 aliphatic heterocycles. The molecule has 2 heterocycles. The minimum Gasteiger partial charge on any atom is -0.299 e. The van der Waals surface area contributed by atoms with Gasteiger partial charge in [0.25, 0.3) is 0 Å². The molecule has 1 unspecified atom stereocenters. The third-order valence-electron chi connectivity index (χ3n) is 4.07. The van der Waals surface area contributed by atoms with Gasteiger partial charge in [-0.2, -0.15) is 18.3 Å². The summed E-state index contributed by atoms with van der Waals surface area (Å²) < 4.78 is 70.4. The molecule has 10 heteroatoms. The highest BCUT2D eigenvalue weighted by molar-refractivity contribution is 7.86.